The zero-order valence-corrected chi connectivity index (χ0v) is 10.5. The highest BCUT2D eigenvalue weighted by molar-refractivity contribution is 5.78. The van der Waals surface area contributed by atoms with Crippen molar-refractivity contribution in [2.24, 2.45) is 5.73 Å². The smallest absolute Gasteiger partial charge is 0.236 e. The van der Waals surface area contributed by atoms with Crippen LogP contribution in [0.5, 0.6) is 0 Å². The van der Waals surface area contributed by atoms with Crippen molar-refractivity contribution < 1.29 is 9.53 Å². The minimum Gasteiger partial charge on any atom is -0.374 e. The Balaban J connectivity index is 2.38. The molecule has 1 fully saturated rings. The lowest BCUT2D eigenvalue weighted by molar-refractivity contribution is -0.134. The molecule has 0 aliphatic carbocycles. The average molecular weight is 229 g/mol. The molecule has 2 N–H and O–H groups in total. The highest BCUT2D eigenvalue weighted by Crippen LogP contribution is 2.05. The molecule has 0 spiro atoms. The van der Waals surface area contributed by atoms with Gasteiger partial charge in [0, 0.05) is 32.7 Å². The maximum absolute atomic E-state index is 11.9. The van der Waals surface area contributed by atoms with Crippen LogP contribution in [0, 0.1) is 0 Å². The Kier molecular flexibility index (Phi) is 5.18. The number of nitrogens with zero attached hydrogens (tertiary/aromatic N) is 2. The predicted octanol–water partition coefficient (Wildman–Crippen LogP) is -0.487. The van der Waals surface area contributed by atoms with Gasteiger partial charge >= 0.3 is 0 Å². The van der Waals surface area contributed by atoms with Crippen molar-refractivity contribution in [2.45, 2.75) is 26.0 Å². The van der Waals surface area contributed by atoms with Gasteiger partial charge in [-0.1, -0.05) is 0 Å². The molecular weight excluding hydrogens is 206 g/mol. The molecule has 5 heteroatoms. The Morgan fingerprint density at radius 1 is 1.62 bits per heavy atom. The van der Waals surface area contributed by atoms with Crippen molar-refractivity contribution in [3.8, 4) is 0 Å². The van der Waals surface area contributed by atoms with Gasteiger partial charge in [0.1, 0.15) is 0 Å². The Hall–Kier alpha value is -0.650. The molecule has 1 saturated heterocycles. The molecule has 0 radical (unpaired) electrons. The number of nitrogens with two attached hydrogens (primary N) is 1. The highest BCUT2D eigenvalue weighted by atomic mass is 16.5. The van der Waals surface area contributed by atoms with Crippen LogP contribution >= 0.6 is 0 Å². The van der Waals surface area contributed by atoms with Crippen molar-refractivity contribution in [2.75, 3.05) is 39.8 Å². The maximum Gasteiger partial charge on any atom is 0.236 e. The summed E-state index contributed by atoms with van der Waals surface area (Å²) in [6, 6.07) is 0.249. The number of hydrogen-bond acceptors (Lipinski definition) is 4. The van der Waals surface area contributed by atoms with Crippen LogP contribution in [0.1, 0.15) is 13.8 Å². The van der Waals surface area contributed by atoms with E-state index in [0.29, 0.717) is 19.7 Å². The van der Waals surface area contributed by atoms with Crippen molar-refractivity contribution in [1.29, 1.82) is 0 Å². The van der Waals surface area contributed by atoms with Gasteiger partial charge in [0.25, 0.3) is 0 Å². The van der Waals surface area contributed by atoms with Crippen molar-refractivity contribution in [1.82, 2.24) is 9.80 Å². The molecular formula is C11H23N3O2. The summed E-state index contributed by atoms with van der Waals surface area (Å²) in [6.45, 7) is 7.25. The number of carbonyl (C=O) groups is 1. The molecule has 1 aliphatic rings. The van der Waals surface area contributed by atoms with Crippen LogP contribution in [-0.2, 0) is 9.53 Å². The molecule has 5 nitrogen and oxygen atoms in total. The van der Waals surface area contributed by atoms with Gasteiger partial charge in [-0.05, 0) is 13.8 Å². The van der Waals surface area contributed by atoms with E-state index in [9.17, 15) is 4.79 Å². The van der Waals surface area contributed by atoms with Crippen molar-refractivity contribution in [3.05, 3.63) is 0 Å². The molecule has 16 heavy (non-hydrogen) atoms. The van der Waals surface area contributed by atoms with E-state index in [2.05, 4.69) is 4.90 Å². The van der Waals surface area contributed by atoms with Crippen molar-refractivity contribution in [3.63, 3.8) is 0 Å². The van der Waals surface area contributed by atoms with Crippen LogP contribution in [0.4, 0.5) is 0 Å². The number of ether oxygens (including phenoxy) is 1. The van der Waals surface area contributed by atoms with E-state index < -0.39 is 0 Å². The Morgan fingerprint density at radius 3 is 2.88 bits per heavy atom. The molecule has 1 amide bonds. The summed E-state index contributed by atoms with van der Waals surface area (Å²) in [5.74, 6) is 0.160. The Labute approximate surface area is 97.5 Å². The minimum atomic E-state index is 0.0749. The number of rotatable bonds is 4. The summed E-state index contributed by atoms with van der Waals surface area (Å²) in [4.78, 5) is 15.7. The zero-order valence-electron chi connectivity index (χ0n) is 10.5. The van der Waals surface area contributed by atoms with E-state index in [4.69, 9.17) is 10.5 Å². The minimum absolute atomic E-state index is 0.0749. The first-order chi connectivity index (χ1) is 7.54. The molecule has 1 unspecified atom stereocenters. The van der Waals surface area contributed by atoms with E-state index in [-0.39, 0.29) is 18.1 Å². The standard InChI is InChI=1S/C11H23N3O2/c1-9(2)13(3)11(15)8-14-4-5-16-10(6-12)7-14/h9-10H,4-8,12H2,1-3H3. The number of hydrogen-bond donors (Lipinski definition) is 1. The van der Waals surface area contributed by atoms with Crippen molar-refractivity contribution >= 4 is 5.91 Å². The summed E-state index contributed by atoms with van der Waals surface area (Å²) in [7, 11) is 1.84. The third kappa shape index (κ3) is 3.73. The molecule has 1 atom stereocenters. The first kappa shape index (κ1) is 13.4. The molecule has 1 heterocycles. The second-order valence-electron chi connectivity index (χ2n) is 4.56. The van der Waals surface area contributed by atoms with Crippen LogP contribution in [0.2, 0.25) is 0 Å². The molecule has 1 rings (SSSR count). The summed E-state index contributed by atoms with van der Waals surface area (Å²) in [5.41, 5.74) is 5.56. The molecule has 0 aromatic heterocycles. The van der Waals surface area contributed by atoms with Gasteiger partial charge < -0.3 is 15.4 Å². The van der Waals surface area contributed by atoms with Crippen LogP contribution in [-0.4, -0.2) is 67.7 Å². The SMILES string of the molecule is CC(C)N(C)C(=O)CN1CCOC(CN)C1. The summed E-state index contributed by atoms with van der Waals surface area (Å²) in [5, 5.41) is 0. The summed E-state index contributed by atoms with van der Waals surface area (Å²) >= 11 is 0. The normalized spacial score (nSPS) is 22.4. The molecule has 1 aliphatic heterocycles. The summed E-state index contributed by atoms with van der Waals surface area (Å²) in [6.07, 6.45) is 0.0749. The van der Waals surface area contributed by atoms with E-state index in [1.54, 1.807) is 4.90 Å². The van der Waals surface area contributed by atoms with Crippen LogP contribution in [0.25, 0.3) is 0 Å². The van der Waals surface area contributed by atoms with E-state index in [1.807, 2.05) is 20.9 Å². The quantitative estimate of drug-likeness (QED) is 0.707. The maximum atomic E-state index is 11.9. The molecule has 0 aromatic carbocycles. The second-order valence-corrected chi connectivity index (χ2v) is 4.56. The lowest BCUT2D eigenvalue weighted by atomic mass is 10.2. The topological polar surface area (TPSA) is 58.8 Å². The van der Waals surface area contributed by atoms with Crippen LogP contribution in [0.3, 0.4) is 0 Å². The van der Waals surface area contributed by atoms with Gasteiger partial charge in [0.05, 0.1) is 19.3 Å². The number of amides is 1. The fraction of sp³-hybridized carbons (Fsp3) is 0.909. The largest absolute Gasteiger partial charge is 0.374 e. The molecule has 0 aromatic rings. The fourth-order valence-corrected chi connectivity index (χ4v) is 1.66. The molecule has 0 saturated carbocycles. The monoisotopic (exact) mass is 229 g/mol. The highest BCUT2D eigenvalue weighted by Gasteiger charge is 2.22. The van der Waals surface area contributed by atoms with Gasteiger partial charge in [-0.25, -0.2) is 0 Å². The van der Waals surface area contributed by atoms with Gasteiger partial charge in [0.2, 0.25) is 5.91 Å². The zero-order chi connectivity index (χ0) is 12.1. The lowest BCUT2D eigenvalue weighted by Gasteiger charge is -2.33. The van der Waals surface area contributed by atoms with Crippen LogP contribution < -0.4 is 5.73 Å². The van der Waals surface area contributed by atoms with Gasteiger partial charge in [-0.2, -0.15) is 0 Å². The number of morpholine rings is 1. The summed E-state index contributed by atoms with van der Waals surface area (Å²) < 4.78 is 5.46. The third-order valence-corrected chi connectivity index (χ3v) is 3.01. The van der Waals surface area contributed by atoms with E-state index in [0.717, 1.165) is 13.1 Å². The molecule has 0 bridgehead atoms. The number of likely N-dealkylation sites (N-methyl/N-ethyl adjacent to an activating group) is 1. The van der Waals surface area contributed by atoms with Gasteiger partial charge in [-0.15, -0.1) is 0 Å². The van der Waals surface area contributed by atoms with Gasteiger partial charge in [0.15, 0.2) is 0 Å². The lowest BCUT2D eigenvalue weighted by Crippen LogP contribution is -2.49. The first-order valence-electron chi connectivity index (χ1n) is 5.84. The molecule has 94 valence electrons. The van der Waals surface area contributed by atoms with E-state index in [1.165, 1.54) is 0 Å². The number of carbonyl (C=O) groups excluding carboxylic acids is 1. The fourth-order valence-electron chi connectivity index (χ4n) is 1.66. The third-order valence-electron chi connectivity index (χ3n) is 3.01. The Morgan fingerprint density at radius 2 is 2.31 bits per heavy atom. The first-order valence-corrected chi connectivity index (χ1v) is 5.84. The van der Waals surface area contributed by atoms with E-state index >= 15 is 0 Å². The predicted molar refractivity (Wildman–Crippen MR) is 63.1 cm³/mol. The van der Waals surface area contributed by atoms with Crippen LogP contribution in [0.15, 0.2) is 0 Å². The Bertz CT molecular complexity index is 233. The second kappa shape index (κ2) is 6.18. The van der Waals surface area contributed by atoms with Gasteiger partial charge in [-0.3, -0.25) is 9.69 Å². The average Bonchev–Trinajstić information content (AvgIpc) is 2.28.